The van der Waals surface area contributed by atoms with Crippen LogP contribution >= 0.6 is 23.2 Å². The normalized spacial score (nSPS) is 11.7. The fourth-order valence-corrected chi connectivity index (χ4v) is 4.59. The van der Waals surface area contributed by atoms with Gasteiger partial charge in [0.1, 0.15) is 11.4 Å². The van der Waals surface area contributed by atoms with Crippen molar-refractivity contribution in [2.45, 2.75) is 12.5 Å². The lowest BCUT2D eigenvalue weighted by Gasteiger charge is -2.20. The number of nitrogens with one attached hydrogen (secondary N) is 1. The highest BCUT2D eigenvalue weighted by Gasteiger charge is 2.22. The second-order valence-electron chi connectivity index (χ2n) is 8.78. The topological polar surface area (TPSA) is 56.1 Å². The first-order chi connectivity index (χ1) is 18.5. The van der Waals surface area contributed by atoms with Crippen molar-refractivity contribution in [2.24, 2.45) is 0 Å². The van der Waals surface area contributed by atoms with Gasteiger partial charge in [0, 0.05) is 5.56 Å². The van der Waals surface area contributed by atoms with Crippen LogP contribution in [0.4, 0.5) is 0 Å². The van der Waals surface area contributed by atoms with Gasteiger partial charge in [0.25, 0.3) is 5.91 Å². The quantitative estimate of drug-likeness (QED) is 0.220. The molecule has 190 valence electrons. The summed E-state index contributed by atoms with van der Waals surface area (Å²) in [6.45, 7) is 0. The molecule has 38 heavy (non-hydrogen) atoms. The van der Waals surface area contributed by atoms with Gasteiger partial charge in [-0.15, -0.1) is 0 Å². The molecular weight excluding hydrogens is 517 g/mol. The zero-order chi connectivity index (χ0) is 26.5. The van der Waals surface area contributed by atoms with Crippen LogP contribution in [0.2, 0.25) is 10.0 Å². The molecule has 5 aromatic rings. The minimum Gasteiger partial charge on any atom is -0.497 e. The van der Waals surface area contributed by atoms with Crippen molar-refractivity contribution < 1.29 is 9.53 Å². The molecule has 0 spiro atoms. The first kappa shape index (κ1) is 25.6. The van der Waals surface area contributed by atoms with E-state index in [1.807, 2.05) is 72.8 Å². The molecule has 0 aliphatic carbocycles. The van der Waals surface area contributed by atoms with Gasteiger partial charge in [0.05, 0.1) is 34.6 Å². The lowest BCUT2D eigenvalue weighted by Crippen LogP contribution is -2.31. The molecular formula is C31H25Cl2N3O2. The molecule has 0 radical (unpaired) electrons. The van der Waals surface area contributed by atoms with E-state index in [1.165, 1.54) is 0 Å². The lowest BCUT2D eigenvalue weighted by molar-refractivity contribution is 0.0928. The van der Waals surface area contributed by atoms with E-state index in [2.05, 4.69) is 17.4 Å². The summed E-state index contributed by atoms with van der Waals surface area (Å²) in [5, 5.41) is 8.82. The number of ether oxygens (including phenoxy) is 1. The van der Waals surface area contributed by atoms with Gasteiger partial charge in [-0.3, -0.25) is 4.79 Å². The molecule has 1 N–H and O–H groups in total. The fraction of sp³-hybridized carbons (Fsp3) is 0.0968. The van der Waals surface area contributed by atoms with Gasteiger partial charge < -0.3 is 10.1 Å². The zero-order valence-electron chi connectivity index (χ0n) is 20.6. The second kappa shape index (κ2) is 11.5. The van der Waals surface area contributed by atoms with E-state index in [1.54, 1.807) is 36.1 Å². The molecule has 0 saturated carbocycles. The van der Waals surface area contributed by atoms with Crippen LogP contribution in [0, 0.1) is 0 Å². The number of hydrogen-bond acceptors (Lipinski definition) is 3. The van der Waals surface area contributed by atoms with Crippen LogP contribution in [-0.4, -0.2) is 22.8 Å². The number of carbonyl (C=O) groups excluding carboxylic acids is 1. The van der Waals surface area contributed by atoms with Gasteiger partial charge in [-0.05, 0) is 53.9 Å². The van der Waals surface area contributed by atoms with Crippen LogP contribution in [0.1, 0.15) is 27.7 Å². The second-order valence-corrected chi connectivity index (χ2v) is 9.60. The van der Waals surface area contributed by atoms with Crippen molar-refractivity contribution in [3.63, 3.8) is 0 Å². The van der Waals surface area contributed by atoms with Crippen molar-refractivity contribution in [3.05, 3.63) is 136 Å². The van der Waals surface area contributed by atoms with Gasteiger partial charge in [0.15, 0.2) is 0 Å². The molecule has 0 saturated heterocycles. The van der Waals surface area contributed by atoms with Crippen molar-refractivity contribution in [1.29, 1.82) is 0 Å². The number of carbonyl (C=O) groups is 1. The predicted molar refractivity (Wildman–Crippen MR) is 152 cm³/mol. The molecule has 1 aromatic heterocycles. The minimum absolute atomic E-state index is 0.247. The highest BCUT2D eigenvalue weighted by atomic mass is 35.5. The third-order valence-electron chi connectivity index (χ3n) is 6.25. The maximum atomic E-state index is 13.9. The molecule has 1 atom stereocenters. The average Bonchev–Trinajstić information content (AvgIpc) is 3.41. The van der Waals surface area contributed by atoms with Crippen LogP contribution < -0.4 is 10.1 Å². The molecule has 4 aromatic carbocycles. The Bertz CT molecular complexity index is 1550. The first-order valence-electron chi connectivity index (χ1n) is 12.1. The molecule has 5 nitrogen and oxygen atoms in total. The van der Waals surface area contributed by atoms with Crippen LogP contribution in [0.5, 0.6) is 5.75 Å². The summed E-state index contributed by atoms with van der Waals surface area (Å²) in [7, 11) is 1.61. The van der Waals surface area contributed by atoms with E-state index in [9.17, 15) is 4.79 Å². The Kier molecular flexibility index (Phi) is 7.78. The van der Waals surface area contributed by atoms with Gasteiger partial charge >= 0.3 is 0 Å². The number of hydrogen-bond donors (Lipinski definition) is 1. The average molecular weight is 542 g/mol. The Balaban J connectivity index is 1.55. The molecule has 1 heterocycles. The van der Waals surface area contributed by atoms with Crippen LogP contribution in [0.25, 0.3) is 16.9 Å². The molecule has 0 fully saturated rings. The molecule has 0 aliphatic rings. The smallest absolute Gasteiger partial charge is 0.270 e. The number of rotatable bonds is 8. The number of methoxy groups -OCH3 is 1. The molecule has 5 rings (SSSR count). The standard InChI is InChI=1S/C31H25Cl2N3O2/c1-38-25-14-8-13-23(18-25)29-20-30(36(35-29)24-15-16-26(32)27(33)19-24)31(37)34-28(22-11-6-3-7-12-22)17-21-9-4-2-5-10-21/h2-16,18-20,28H,17H2,1H3,(H,34,37)/t28-/m0/s1. The number of aromatic nitrogens is 2. The van der Waals surface area contributed by atoms with Gasteiger partial charge in [0.2, 0.25) is 0 Å². The van der Waals surface area contributed by atoms with Gasteiger partial charge in [-0.25, -0.2) is 4.68 Å². The highest BCUT2D eigenvalue weighted by molar-refractivity contribution is 6.42. The van der Waals surface area contributed by atoms with E-state index in [0.717, 1.165) is 16.7 Å². The third-order valence-corrected chi connectivity index (χ3v) is 6.98. The van der Waals surface area contributed by atoms with E-state index >= 15 is 0 Å². The number of amides is 1. The Hall–Kier alpha value is -4.06. The summed E-state index contributed by atoms with van der Waals surface area (Å²) in [6, 6.07) is 34.3. The lowest BCUT2D eigenvalue weighted by atomic mass is 9.98. The Labute approximate surface area is 231 Å². The van der Waals surface area contributed by atoms with Crippen molar-refractivity contribution in [2.75, 3.05) is 7.11 Å². The Morgan fingerprint density at radius 3 is 2.32 bits per heavy atom. The van der Waals surface area contributed by atoms with E-state index in [4.69, 9.17) is 33.0 Å². The van der Waals surface area contributed by atoms with E-state index in [0.29, 0.717) is 39.3 Å². The molecule has 0 bridgehead atoms. The maximum Gasteiger partial charge on any atom is 0.270 e. The monoisotopic (exact) mass is 541 g/mol. The summed E-state index contributed by atoms with van der Waals surface area (Å²) in [5.41, 5.74) is 4.57. The van der Waals surface area contributed by atoms with Crippen LogP contribution in [0.3, 0.4) is 0 Å². The zero-order valence-corrected chi connectivity index (χ0v) is 22.2. The number of nitrogens with zero attached hydrogens (tertiary/aromatic N) is 2. The SMILES string of the molecule is COc1cccc(-c2cc(C(=O)N[C@@H](Cc3ccccc3)c3ccccc3)n(-c3ccc(Cl)c(Cl)c3)n2)c1. The molecule has 1 amide bonds. The van der Waals surface area contributed by atoms with Gasteiger partial charge in [-0.2, -0.15) is 5.10 Å². The van der Waals surface area contributed by atoms with Crippen molar-refractivity contribution in [3.8, 4) is 22.7 Å². The van der Waals surface area contributed by atoms with Crippen LogP contribution in [0.15, 0.2) is 109 Å². The first-order valence-corrected chi connectivity index (χ1v) is 12.9. The highest BCUT2D eigenvalue weighted by Crippen LogP contribution is 2.29. The maximum absolute atomic E-state index is 13.9. The summed E-state index contributed by atoms with van der Waals surface area (Å²) >= 11 is 12.5. The summed E-state index contributed by atoms with van der Waals surface area (Å²) in [6.07, 6.45) is 0.639. The number of halogens is 2. The number of benzene rings is 4. The summed E-state index contributed by atoms with van der Waals surface area (Å²) < 4.78 is 6.98. The summed E-state index contributed by atoms with van der Waals surface area (Å²) in [4.78, 5) is 13.9. The third kappa shape index (κ3) is 5.75. The minimum atomic E-state index is -0.262. The van der Waals surface area contributed by atoms with Crippen molar-refractivity contribution in [1.82, 2.24) is 15.1 Å². The summed E-state index contributed by atoms with van der Waals surface area (Å²) in [5.74, 6) is 0.437. The Morgan fingerprint density at radius 2 is 1.61 bits per heavy atom. The largest absolute Gasteiger partial charge is 0.497 e. The fourth-order valence-electron chi connectivity index (χ4n) is 4.30. The van der Waals surface area contributed by atoms with Gasteiger partial charge in [-0.1, -0.05) is 96.0 Å². The Morgan fingerprint density at radius 1 is 0.868 bits per heavy atom. The molecule has 7 heteroatoms. The van der Waals surface area contributed by atoms with Crippen molar-refractivity contribution >= 4 is 29.1 Å². The van der Waals surface area contributed by atoms with E-state index < -0.39 is 0 Å². The molecule has 0 unspecified atom stereocenters. The van der Waals surface area contributed by atoms with E-state index in [-0.39, 0.29) is 11.9 Å². The van der Waals surface area contributed by atoms with Crippen LogP contribution in [-0.2, 0) is 6.42 Å². The molecule has 0 aliphatic heterocycles. The predicted octanol–water partition coefficient (Wildman–Crippen LogP) is 7.57.